The number of hydrogen-bond acceptors (Lipinski definition) is 5. The summed E-state index contributed by atoms with van der Waals surface area (Å²) in [5, 5.41) is 12.0. The van der Waals surface area contributed by atoms with E-state index < -0.39 is 11.9 Å². The Balaban J connectivity index is 1.37. The highest BCUT2D eigenvalue weighted by molar-refractivity contribution is 5.80. The van der Waals surface area contributed by atoms with Gasteiger partial charge in [0.05, 0.1) is 5.92 Å². The molecule has 2 unspecified atom stereocenters. The van der Waals surface area contributed by atoms with Crippen molar-refractivity contribution in [2.45, 2.75) is 32.2 Å². The molecule has 1 fully saturated rings. The molecule has 2 aromatic rings. The van der Waals surface area contributed by atoms with Gasteiger partial charge in [-0.3, -0.25) is 9.59 Å². The molecule has 2 atom stereocenters. The van der Waals surface area contributed by atoms with Crippen LogP contribution in [0.1, 0.15) is 31.2 Å². The number of nitrogens with one attached hydrogen (secondary N) is 1. The number of carbonyl (C=O) groups is 2. The molecule has 0 bridgehead atoms. The van der Waals surface area contributed by atoms with Crippen LogP contribution in [-0.2, 0) is 16.1 Å². The first-order valence-corrected chi connectivity index (χ1v) is 9.88. The summed E-state index contributed by atoms with van der Waals surface area (Å²) in [6, 6.07) is 13.1. The Labute approximate surface area is 170 Å². The van der Waals surface area contributed by atoms with Gasteiger partial charge in [-0.05, 0) is 37.0 Å². The summed E-state index contributed by atoms with van der Waals surface area (Å²) in [5.41, 5.74) is 0.858. The van der Waals surface area contributed by atoms with Gasteiger partial charge in [0.25, 0.3) is 0 Å². The molecular weight excluding hydrogens is 372 g/mol. The molecule has 0 saturated heterocycles. The highest BCUT2D eigenvalue weighted by Crippen LogP contribution is 2.29. The molecule has 1 aromatic heterocycles. The second-order valence-corrected chi connectivity index (χ2v) is 7.13. The Morgan fingerprint density at radius 1 is 1.03 bits per heavy atom. The number of amides is 1. The predicted molar refractivity (Wildman–Crippen MR) is 107 cm³/mol. The number of aliphatic carboxylic acids is 1. The Bertz CT molecular complexity index is 795. The lowest BCUT2D eigenvalue weighted by atomic mass is 9.81. The van der Waals surface area contributed by atoms with Crippen molar-refractivity contribution in [1.29, 1.82) is 0 Å². The van der Waals surface area contributed by atoms with Crippen molar-refractivity contribution >= 4 is 11.9 Å². The molecule has 3 rings (SSSR count). The standard InChI is InChI=1S/C22H26N2O5/c25-21(17-5-4-6-18(13-17)22(26)27)24-15-16-9-10-20(23-14-16)29-12-11-28-19-7-2-1-3-8-19/h1-3,7-10,14,17-18H,4-6,11-13,15H2,(H,24,25)(H,26,27). The minimum absolute atomic E-state index is 0.0886. The number of rotatable bonds is 9. The van der Waals surface area contributed by atoms with Crippen LogP contribution in [0.2, 0.25) is 0 Å². The Kier molecular flexibility index (Phi) is 7.44. The molecule has 154 valence electrons. The third kappa shape index (κ3) is 6.48. The molecule has 2 N–H and O–H groups in total. The number of hydrogen-bond donors (Lipinski definition) is 2. The number of carboxylic acid groups (broad SMARTS) is 1. The summed E-state index contributed by atoms with van der Waals surface area (Å²) in [5.74, 6) is -0.254. The lowest BCUT2D eigenvalue weighted by Crippen LogP contribution is -2.35. The van der Waals surface area contributed by atoms with E-state index in [9.17, 15) is 9.59 Å². The summed E-state index contributed by atoms with van der Waals surface area (Å²) >= 11 is 0. The second-order valence-electron chi connectivity index (χ2n) is 7.13. The Morgan fingerprint density at radius 2 is 1.79 bits per heavy atom. The van der Waals surface area contributed by atoms with Crippen LogP contribution in [0.5, 0.6) is 11.6 Å². The Morgan fingerprint density at radius 3 is 2.52 bits per heavy atom. The van der Waals surface area contributed by atoms with Crippen LogP contribution < -0.4 is 14.8 Å². The van der Waals surface area contributed by atoms with Gasteiger partial charge in [0, 0.05) is 24.7 Å². The molecule has 1 aliphatic carbocycles. The molecule has 7 heteroatoms. The van der Waals surface area contributed by atoms with E-state index in [1.807, 2.05) is 36.4 Å². The minimum atomic E-state index is -0.809. The van der Waals surface area contributed by atoms with Crippen LogP contribution in [0.4, 0.5) is 0 Å². The van der Waals surface area contributed by atoms with Crippen molar-refractivity contribution in [3.8, 4) is 11.6 Å². The van der Waals surface area contributed by atoms with Crippen LogP contribution in [0.3, 0.4) is 0 Å². The van der Waals surface area contributed by atoms with Crippen LogP contribution in [0.25, 0.3) is 0 Å². The molecule has 7 nitrogen and oxygen atoms in total. The molecule has 1 saturated carbocycles. The molecule has 0 aliphatic heterocycles. The fraction of sp³-hybridized carbons (Fsp3) is 0.409. The van der Waals surface area contributed by atoms with E-state index in [2.05, 4.69) is 10.3 Å². The zero-order valence-electron chi connectivity index (χ0n) is 16.3. The van der Waals surface area contributed by atoms with E-state index in [-0.39, 0.29) is 11.8 Å². The van der Waals surface area contributed by atoms with Gasteiger partial charge in [0.15, 0.2) is 0 Å². The van der Waals surface area contributed by atoms with Crippen molar-refractivity contribution in [3.05, 3.63) is 54.2 Å². The lowest BCUT2D eigenvalue weighted by Gasteiger charge is -2.25. The zero-order valence-corrected chi connectivity index (χ0v) is 16.3. The number of carbonyl (C=O) groups excluding carboxylic acids is 1. The number of benzene rings is 1. The van der Waals surface area contributed by atoms with E-state index in [1.54, 1.807) is 12.3 Å². The average Bonchev–Trinajstić information content (AvgIpc) is 2.76. The fourth-order valence-corrected chi connectivity index (χ4v) is 3.41. The molecule has 1 aromatic carbocycles. The zero-order chi connectivity index (χ0) is 20.5. The van der Waals surface area contributed by atoms with E-state index in [1.165, 1.54) is 0 Å². The quantitative estimate of drug-likeness (QED) is 0.630. The van der Waals surface area contributed by atoms with Crippen LogP contribution in [0, 0.1) is 11.8 Å². The van der Waals surface area contributed by atoms with Gasteiger partial charge in [0.2, 0.25) is 11.8 Å². The number of pyridine rings is 1. The lowest BCUT2D eigenvalue weighted by molar-refractivity contribution is -0.144. The van der Waals surface area contributed by atoms with E-state index in [4.69, 9.17) is 14.6 Å². The topological polar surface area (TPSA) is 97.8 Å². The maximum atomic E-state index is 12.3. The van der Waals surface area contributed by atoms with Crippen molar-refractivity contribution in [1.82, 2.24) is 10.3 Å². The normalized spacial score (nSPS) is 18.6. The van der Waals surface area contributed by atoms with Crippen molar-refractivity contribution in [2.75, 3.05) is 13.2 Å². The first kappa shape index (κ1) is 20.6. The van der Waals surface area contributed by atoms with Crippen molar-refractivity contribution < 1.29 is 24.2 Å². The van der Waals surface area contributed by atoms with Gasteiger partial charge in [0.1, 0.15) is 19.0 Å². The van der Waals surface area contributed by atoms with Gasteiger partial charge in [-0.15, -0.1) is 0 Å². The first-order chi connectivity index (χ1) is 14.1. The molecule has 1 aliphatic rings. The van der Waals surface area contributed by atoms with Crippen LogP contribution in [0.15, 0.2) is 48.7 Å². The van der Waals surface area contributed by atoms with Crippen LogP contribution in [-0.4, -0.2) is 35.2 Å². The minimum Gasteiger partial charge on any atom is -0.490 e. The first-order valence-electron chi connectivity index (χ1n) is 9.88. The summed E-state index contributed by atoms with van der Waals surface area (Å²) in [4.78, 5) is 27.7. The molecular formula is C22H26N2O5. The average molecular weight is 398 g/mol. The fourth-order valence-electron chi connectivity index (χ4n) is 3.41. The third-order valence-electron chi connectivity index (χ3n) is 5.00. The number of nitrogens with zero attached hydrogens (tertiary/aromatic N) is 1. The number of ether oxygens (including phenoxy) is 2. The monoisotopic (exact) mass is 398 g/mol. The van der Waals surface area contributed by atoms with Gasteiger partial charge in [-0.2, -0.15) is 0 Å². The molecule has 0 spiro atoms. The molecule has 1 heterocycles. The van der Waals surface area contributed by atoms with Crippen molar-refractivity contribution in [2.24, 2.45) is 11.8 Å². The largest absolute Gasteiger partial charge is 0.490 e. The highest BCUT2D eigenvalue weighted by atomic mass is 16.5. The summed E-state index contributed by atoms with van der Waals surface area (Å²) in [6.45, 7) is 1.16. The van der Waals surface area contributed by atoms with E-state index in [0.29, 0.717) is 38.5 Å². The van der Waals surface area contributed by atoms with Gasteiger partial charge < -0.3 is 19.9 Å². The van der Waals surface area contributed by atoms with Crippen molar-refractivity contribution in [3.63, 3.8) is 0 Å². The second kappa shape index (κ2) is 10.5. The number of carboxylic acids is 1. The SMILES string of the molecule is O=C(O)C1CCCC(C(=O)NCc2ccc(OCCOc3ccccc3)nc2)C1. The molecule has 0 radical (unpaired) electrons. The number of para-hydroxylation sites is 1. The summed E-state index contributed by atoms with van der Waals surface area (Å²) < 4.78 is 11.1. The molecule has 29 heavy (non-hydrogen) atoms. The predicted octanol–water partition coefficient (Wildman–Crippen LogP) is 3.05. The van der Waals surface area contributed by atoms with Crippen LogP contribution >= 0.6 is 0 Å². The van der Waals surface area contributed by atoms with E-state index >= 15 is 0 Å². The maximum absolute atomic E-state index is 12.3. The third-order valence-corrected chi connectivity index (χ3v) is 5.00. The van der Waals surface area contributed by atoms with Gasteiger partial charge >= 0.3 is 5.97 Å². The van der Waals surface area contributed by atoms with Gasteiger partial charge in [-0.25, -0.2) is 4.98 Å². The smallest absolute Gasteiger partial charge is 0.306 e. The highest BCUT2D eigenvalue weighted by Gasteiger charge is 2.30. The molecule has 1 amide bonds. The number of aromatic nitrogens is 1. The van der Waals surface area contributed by atoms with Gasteiger partial charge in [-0.1, -0.05) is 30.7 Å². The Hall–Kier alpha value is -3.09. The maximum Gasteiger partial charge on any atom is 0.306 e. The van der Waals surface area contributed by atoms with E-state index in [0.717, 1.165) is 24.2 Å². The summed E-state index contributed by atoms with van der Waals surface area (Å²) in [6.07, 6.45) is 4.25. The summed E-state index contributed by atoms with van der Waals surface area (Å²) in [7, 11) is 0.